The predicted molar refractivity (Wildman–Crippen MR) is 134 cm³/mol. The van der Waals surface area contributed by atoms with Gasteiger partial charge in [0.15, 0.2) is 0 Å². The van der Waals surface area contributed by atoms with Crippen LogP contribution in [0.15, 0.2) is 72.8 Å². The van der Waals surface area contributed by atoms with Gasteiger partial charge in [0.1, 0.15) is 11.9 Å². The summed E-state index contributed by atoms with van der Waals surface area (Å²) in [6, 6.07) is 21.3. The summed E-state index contributed by atoms with van der Waals surface area (Å²) < 4.78 is 14.0. The smallest absolute Gasteiger partial charge is 0.254 e. The number of benzene rings is 3. The van der Waals surface area contributed by atoms with Crippen molar-refractivity contribution >= 4 is 11.8 Å². The molecule has 1 atom stereocenters. The van der Waals surface area contributed by atoms with E-state index in [9.17, 15) is 14.0 Å². The quantitative estimate of drug-likeness (QED) is 0.489. The monoisotopic (exact) mass is 461 g/mol. The van der Waals surface area contributed by atoms with Gasteiger partial charge in [-0.15, -0.1) is 0 Å². The minimum Gasteiger partial charge on any atom is -0.350 e. The first-order chi connectivity index (χ1) is 16.3. The van der Waals surface area contributed by atoms with Crippen LogP contribution < -0.4 is 10.6 Å². The second-order valence-corrected chi connectivity index (χ2v) is 8.98. The SMILES string of the molecule is CC(C)C(NC(=O)c1ccccc1F)C(=O)NCc1ccccc1-c1ccc(CN(C)C)cc1. The highest BCUT2D eigenvalue weighted by Gasteiger charge is 2.25. The van der Waals surface area contributed by atoms with E-state index < -0.39 is 17.8 Å². The number of amides is 2. The van der Waals surface area contributed by atoms with E-state index in [0.717, 1.165) is 23.2 Å². The van der Waals surface area contributed by atoms with Crippen molar-refractivity contribution in [3.8, 4) is 11.1 Å². The minimum atomic E-state index is -0.787. The Kier molecular flexibility index (Phi) is 8.55. The van der Waals surface area contributed by atoms with Gasteiger partial charge < -0.3 is 15.5 Å². The number of carbonyl (C=O) groups excluding carboxylic acids is 2. The first kappa shape index (κ1) is 25.1. The normalized spacial score (nSPS) is 12.0. The van der Waals surface area contributed by atoms with Crippen molar-refractivity contribution in [1.29, 1.82) is 0 Å². The summed E-state index contributed by atoms with van der Waals surface area (Å²) in [7, 11) is 4.07. The Labute approximate surface area is 201 Å². The summed E-state index contributed by atoms with van der Waals surface area (Å²) in [6.07, 6.45) is 0. The summed E-state index contributed by atoms with van der Waals surface area (Å²) in [4.78, 5) is 27.7. The summed E-state index contributed by atoms with van der Waals surface area (Å²) in [6.45, 7) is 4.87. The first-order valence-corrected chi connectivity index (χ1v) is 11.4. The van der Waals surface area contributed by atoms with Gasteiger partial charge in [-0.1, -0.05) is 74.5 Å². The molecule has 0 fully saturated rings. The highest BCUT2D eigenvalue weighted by molar-refractivity contribution is 5.97. The zero-order chi connectivity index (χ0) is 24.7. The lowest BCUT2D eigenvalue weighted by Gasteiger charge is -2.22. The third-order valence-electron chi connectivity index (χ3n) is 5.59. The number of rotatable bonds is 9. The molecule has 0 saturated heterocycles. The molecule has 3 aromatic rings. The minimum absolute atomic E-state index is 0.0796. The van der Waals surface area contributed by atoms with E-state index in [1.54, 1.807) is 6.07 Å². The topological polar surface area (TPSA) is 61.4 Å². The molecule has 0 aliphatic rings. The summed E-state index contributed by atoms with van der Waals surface area (Å²) in [5.41, 5.74) is 4.23. The molecule has 2 amide bonds. The van der Waals surface area contributed by atoms with E-state index in [-0.39, 0.29) is 17.4 Å². The van der Waals surface area contributed by atoms with Gasteiger partial charge in [-0.25, -0.2) is 4.39 Å². The van der Waals surface area contributed by atoms with Crippen molar-refractivity contribution in [2.45, 2.75) is 33.0 Å². The van der Waals surface area contributed by atoms with Crippen LogP contribution in [0.4, 0.5) is 4.39 Å². The second-order valence-electron chi connectivity index (χ2n) is 8.98. The number of nitrogens with zero attached hydrogens (tertiary/aromatic N) is 1. The number of hydrogen-bond donors (Lipinski definition) is 2. The Bertz CT molecular complexity index is 1130. The Hall–Kier alpha value is -3.51. The second kappa shape index (κ2) is 11.6. The molecule has 34 heavy (non-hydrogen) atoms. The van der Waals surface area contributed by atoms with E-state index in [1.165, 1.54) is 23.8 Å². The van der Waals surface area contributed by atoms with Crippen LogP contribution in [-0.2, 0) is 17.9 Å². The molecule has 1 unspecified atom stereocenters. The molecule has 178 valence electrons. The van der Waals surface area contributed by atoms with Gasteiger partial charge in [-0.05, 0) is 54.4 Å². The van der Waals surface area contributed by atoms with Crippen LogP contribution in [0.5, 0.6) is 0 Å². The fourth-order valence-corrected chi connectivity index (χ4v) is 3.80. The maximum Gasteiger partial charge on any atom is 0.254 e. The fourth-order valence-electron chi connectivity index (χ4n) is 3.80. The molecule has 0 spiro atoms. The van der Waals surface area contributed by atoms with Crippen LogP contribution in [0.3, 0.4) is 0 Å². The van der Waals surface area contributed by atoms with Crippen LogP contribution in [0.1, 0.15) is 35.3 Å². The van der Waals surface area contributed by atoms with E-state index in [0.29, 0.717) is 6.54 Å². The molecular formula is C28H32FN3O2. The summed E-state index contributed by atoms with van der Waals surface area (Å²) in [5.74, 6) is -1.70. The van der Waals surface area contributed by atoms with Crippen LogP contribution in [0, 0.1) is 11.7 Å². The van der Waals surface area contributed by atoms with Crippen molar-refractivity contribution in [3.05, 3.63) is 95.3 Å². The highest BCUT2D eigenvalue weighted by atomic mass is 19.1. The largest absolute Gasteiger partial charge is 0.350 e. The van der Waals surface area contributed by atoms with Crippen molar-refractivity contribution < 1.29 is 14.0 Å². The summed E-state index contributed by atoms with van der Waals surface area (Å²) >= 11 is 0. The Morgan fingerprint density at radius 1 is 0.912 bits per heavy atom. The molecule has 6 heteroatoms. The fraction of sp³-hybridized carbons (Fsp3) is 0.286. The zero-order valence-electron chi connectivity index (χ0n) is 20.1. The first-order valence-electron chi connectivity index (χ1n) is 11.4. The molecular weight excluding hydrogens is 429 g/mol. The van der Waals surface area contributed by atoms with E-state index in [1.807, 2.05) is 52.2 Å². The average Bonchev–Trinajstić information content (AvgIpc) is 2.81. The average molecular weight is 462 g/mol. The Morgan fingerprint density at radius 2 is 1.56 bits per heavy atom. The van der Waals surface area contributed by atoms with Crippen LogP contribution >= 0.6 is 0 Å². The highest BCUT2D eigenvalue weighted by Crippen LogP contribution is 2.24. The zero-order valence-corrected chi connectivity index (χ0v) is 20.1. The van der Waals surface area contributed by atoms with Gasteiger partial charge in [-0.2, -0.15) is 0 Å². The lowest BCUT2D eigenvalue weighted by atomic mass is 9.98. The predicted octanol–water partition coefficient (Wildman–Crippen LogP) is 4.63. The number of hydrogen-bond acceptors (Lipinski definition) is 3. The third kappa shape index (κ3) is 6.51. The number of carbonyl (C=O) groups is 2. The van der Waals surface area contributed by atoms with Crippen LogP contribution in [-0.4, -0.2) is 36.9 Å². The Morgan fingerprint density at radius 3 is 2.21 bits per heavy atom. The van der Waals surface area contributed by atoms with Crippen molar-refractivity contribution in [2.75, 3.05) is 14.1 Å². The van der Waals surface area contributed by atoms with Gasteiger partial charge in [0, 0.05) is 13.1 Å². The molecule has 0 aromatic heterocycles. The lowest BCUT2D eigenvalue weighted by Crippen LogP contribution is -2.49. The molecule has 0 aliphatic carbocycles. The standard InChI is InChI=1S/C28H32FN3O2/c1-19(2)26(31-27(33)24-11-7-8-12-25(24)29)28(34)30-17-22-9-5-6-10-23(22)21-15-13-20(14-16-21)18-32(3)4/h5-16,19,26H,17-18H2,1-4H3,(H,30,34)(H,31,33). The van der Waals surface area contributed by atoms with E-state index in [2.05, 4.69) is 39.8 Å². The molecule has 0 radical (unpaired) electrons. The maximum atomic E-state index is 14.0. The number of halogens is 1. The molecule has 3 rings (SSSR count). The Balaban J connectivity index is 1.71. The van der Waals surface area contributed by atoms with Gasteiger partial charge in [-0.3, -0.25) is 9.59 Å². The lowest BCUT2D eigenvalue weighted by molar-refractivity contribution is -0.124. The molecule has 5 nitrogen and oxygen atoms in total. The van der Waals surface area contributed by atoms with E-state index >= 15 is 0 Å². The summed E-state index contributed by atoms with van der Waals surface area (Å²) in [5, 5.41) is 5.63. The van der Waals surface area contributed by atoms with Crippen LogP contribution in [0.2, 0.25) is 0 Å². The maximum absolute atomic E-state index is 14.0. The van der Waals surface area contributed by atoms with Crippen molar-refractivity contribution in [1.82, 2.24) is 15.5 Å². The molecule has 3 aromatic carbocycles. The molecule has 2 N–H and O–H groups in total. The molecule has 0 saturated carbocycles. The van der Waals surface area contributed by atoms with Crippen molar-refractivity contribution in [3.63, 3.8) is 0 Å². The number of nitrogens with one attached hydrogen (secondary N) is 2. The van der Waals surface area contributed by atoms with Gasteiger partial charge in [0.05, 0.1) is 5.56 Å². The third-order valence-corrected chi connectivity index (χ3v) is 5.59. The molecule has 0 bridgehead atoms. The molecule has 0 heterocycles. The molecule has 0 aliphatic heterocycles. The van der Waals surface area contributed by atoms with Gasteiger partial charge in [0.2, 0.25) is 5.91 Å². The van der Waals surface area contributed by atoms with Gasteiger partial charge >= 0.3 is 0 Å². The van der Waals surface area contributed by atoms with Crippen LogP contribution in [0.25, 0.3) is 11.1 Å². The van der Waals surface area contributed by atoms with Gasteiger partial charge in [0.25, 0.3) is 5.91 Å². The van der Waals surface area contributed by atoms with Crippen molar-refractivity contribution in [2.24, 2.45) is 5.92 Å². The van der Waals surface area contributed by atoms with E-state index in [4.69, 9.17) is 0 Å².